The van der Waals surface area contributed by atoms with E-state index in [9.17, 15) is 25.5 Å². The third kappa shape index (κ3) is 7.82. The van der Waals surface area contributed by atoms with Crippen LogP contribution in [-0.2, 0) is 52.1 Å². The highest BCUT2D eigenvalue weighted by atomic mass is 32.2. The van der Waals surface area contributed by atoms with E-state index < -0.39 is 40.2 Å². The van der Waals surface area contributed by atoms with E-state index in [1.165, 1.54) is 0 Å². The van der Waals surface area contributed by atoms with E-state index in [4.69, 9.17) is 62.3 Å². The number of ether oxygens (including phenoxy) is 11. The summed E-state index contributed by atoms with van der Waals surface area (Å²) >= 11 is 1.85. The van der Waals surface area contributed by atoms with Crippen LogP contribution in [-0.4, -0.2) is 241 Å². The lowest BCUT2D eigenvalue weighted by Crippen LogP contribution is -2.47. The number of rotatable bonds is 8. The lowest BCUT2D eigenvalue weighted by Gasteiger charge is -2.28. The average molecular weight is 858 g/mol. The first kappa shape index (κ1) is 47.1. The second-order valence-corrected chi connectivity index (χ2v) is 18.3. The van der Waals surface area contributed by atoms with Gasteiger partial charge in [0.15, 0.2) is 0 Å². The van der Waals surface area contributed by atoms with Gasteiger partial charge in [-0.25, -0.2) is 0 Å². The molecule has 0 aromatic carbocycles. The Kier molecular flexibility index (Phi) is 14.9. The fraction of sp³-hybridized carbons (Fsp3) is 1.00. The first-order valence-corrected chi connectivity index (χ1v) is 21.2. The van der Waals surface area contributed by atoms with Crippen molar-refractivity contribution < 1.29 is 87.9 Å². The molecule has 10 saturated heterocycles. The van der Waals surface area contributed by atoms with E-state index in [0.717, 1.165) is 5.75 Å². The van der Waals surface area contributed by atoms with Crippen LogP contribution in [0.4, 0.5) is 0 Å². The summed E-state index contributed by atoms with van der Waals surface area (Å²) in [5.41, 5.74) is -3.16. The molecular formula is C38H67NO18S. The molecule has 0 saturated carbocycles. The molecule has 0 aliphatic carbocycles. The monoisotopic (exact) mass is 857 g/mol. The van der Waals surface area contributed by atoms with Gasteiger partial charge in [0.05, 0.1) is 94.7 Å². The Bertz CT molecular complexity index is 1230. The standard InChI is InChI=1S/C8H15NO3.C8H14O4.C8H14O3S.2C7H12O4/c1-5-6-7(11-2)8(4-10,12-5)3-9-6;1-5-6-7(10-2)8(3-9,12-5)4-11-6;1-5-6-7(10-2)8(3-9,11-5)4-12-6;2*1-4-5-6(9)7(2-8,11-4)3-10-5/h5-7,9-10H,3-4H2,1-2H3;2*5-7,9H,3-4H2,1-2H3;2*4-6,8-9H,2-3H2,1H3/t5-,6-,7?,8-;2*5-,6-,7?,8+;4-,5+,6?,7-;4-,5-,6?,7+/m00001/s1. The van der Waals surface area contributed by atoms with Crippen molar-refractivity contribution >= 4 is 11.8 Å². The predicted octanol–water partition coefficient (Wildman–Crippen LogP) is -3.27. The van der Waals surface area contributed by atoms with Crippen molar-refractivity contribution in [3.63, 3.8) is 0 Å². The Labute approximate surface area is 344 Å². The molecular weight excluding hydrogens is 790 g/mol. The van der Waals surface area contributed by atoms with E-state index in [-0.39, 0.29) is 106 Å². The van der Waals surface area contributed by atoms with E-state index in [0.29, 0.717) is 31.6 Å². The van der Waals surface area contributed by atoms with E-state index in [1.807, 2.05) is 46.4 Å². The maximum Gasteiger partial charge on any atom is 0.143 e. The molecule has 0 spiro atoms. The summed E-state index contributed by atoms with van der Waals surface area (Å²) in [6, 6.07) is 0.238. The highest BCUT2D eigenvalue weighted by Gasteiger charge is 2.63. The molecule has 20 heteroatoms. The molecule has 19 nitrogen and oxygen atoms in total. The predicted molar refractivity (Wildman–Crippen MR) is 203 cm³/mol. The summed E-state index contributed by atoms with van der Waals surface area (Å²) in [5, 5.41) is 68.3. The van der Waals surface area contributed by atoms with E-state index in [1.54, 1.807) is 21.3 Å². The van der Waals surface area contributed by atoms with Crippen LogP contribution in [0.25, 0.3) is 0 Å². The molecule has 10 rings (SSSR count). The first-order chi connectivity index (χ1) is 27.6. The number of thioether (sulfide) groups is 1. The Morgan fingerprint density at radius 1 is 0.517 bits per heavy atom. The Morgan fingerprint density at radius 2 is 0.931 bits per heavy atom. The number of aliphatic hydroxyl groups excluding tert-OH is 7. The van der Waals surface area contributed by atoms with Crippen LogP contribution in [0.3, 0.4) is 0 Å². The van der Waals surface area contributed by atoms with Crippen LogP contribution in [0.15, 0.2) is 0 Å². The highest BCUT2D eigenvalue weighted by Crippen LogP contribution is 2.48. The summed E-state index contributed by atoms with van der Waals surface area (Å²) in [5.74, 6) is 0.858. The smallest absolute Gasteiger partial charge is 0.143 e. The van der Waals surface area contributed by atoms with Gasteiger partial charge >= 0.3 is 0 Å². The molecule has 0 amide bonds. The van der Waals surface area contributed by atoms with Crippen LogP contribution in [0.2, 0.25) is 0 Å². The maximum absolute atomic E-state index is 9.54. The molecule has 10 fully saturated rings. The van der Waals surface area contributed by atoms with Crippen molar-refractivity contribution in [2.75, 3.05) is 86.5 Å². The van der Waals surface area contributed by atoms with Gasteiger partial charge in [0.1, 0.15) is 76.8 Å². The second-order valence-electron chi connectivity index (χ2n) is 17.1. The quantitative estimate of drug-likeness (QED) is 0.119. The summed E-state index contributed by atoms with van der Waals surface area (Å²) in [7, 11) is 4.98. The number of morpholine rings is 1. The van der Waals surface area contributed by atoms with Crippen LogP contribution < -0.4 is 5.32 Å². The van der Waals surface area contributed by atoms with Crippen molar-refractivity contribution in [2.24, 2.45) is 0 Å². The second kappa shape index (κ2) is 18.4. The molecule has 20 atom stereocenters. The van der Waals surface area contributed by atoms with Crippen LogP contribution in [0, 0.1) is 0 Å². The summed E-state index contributed by atoms with van der Waals surface area (Å²) in [6.07, 6.45) is -1.72. The first-order valence-electron chi connectivity index (χ1n) is 20.2. The number of hydrogen-bond acceptors (Lipinski definition) is 20. The van der Waals surface area contributed by atoms with Gasteiger partial charge in [-0.2, -0.15) is 0 Å². The normalized spacial score (nSPS) is 53.1. The lowest BCUT2D eigenvalue weighted by atomic mass is 10.00. The van der Waals surface area contributed by atoms with Crippen LogP contribution >= 0.6 is 11.8 Å². The molecule has 10 bridgehead atoms. The zero-order chi connectivity index (χ0) is 42.4. The Balaban J connectivity index is 0.000000122. The van der Waals surface area contributed by atoms with Crippen LogP contribution in [0.1, 0.15) is 34.6 Å². The highest BCUT2D eigenvalue weighted by molar-refractivity contribution is 8.00. The van der Waals surface area contributed by atoms with Gasteiger partial charge in [-0.05, 0) is 34.6 Å². The van der Waals surface area contributed by atoms with Gasteiger partial charge in [0.25, 0.3) is 0 Å². The fourth-order valence-corrected chi connectivity index (χ4v) is 11.9. The van der Waals surface area contributed by atoms with Gasteiger partial charge < -0.3 is 93.2 Å². The van der Waals surface area contributed by atoms with Gasteiger partial charge in [0.2, 0.25) is 0 Å². The SMILES string of the molecule is COC1[C@H]2NC[C@@]1(CO)O[C@H]2C.COC1[C@H]2OC[C@@]1(CO)O[C@H]2C.COC1[C@H]2SC[C@@]1(CO)O[C@H]2C.C[C@@H]1O[C@@]2(CO)CO[C@H]1C2O.C[C@H]1O[C@@]2(CO)CO[C@H]1C2O. The topological polar surface area (TPSA) is 255 Å². The third-order valence-corrected chi connectivity index (χ3v) is 15.1. The Morgan fingerprint density at radius 3 is 1.24 bits per heavy atom. The lowest BCUT2D eigenvalue weighted by molar-refractivity contribution is -0.156. The summed E-state index contributed by atoms with van der Waals surface area (Å²) in [6.45, 7) is 11.1. The average Bonchev–Trinajstić information content (AvgIpc) is 4.13. The van der Waals surface area contributed by atoms with Gasteiger partial charge in [-0.15, -0.1) is 11.8 Å². The zero-order valence-electron chi connectivity index (χ0n) is 34.8. The third-order valence-electron chi connectivity index (χ3n) is 13.5. The van der Waals surface area contributed by atoms with Gasteiger partial charge in [0, 0.05) is 33.6 Å². The molecule has 10 aliphatic rings. The molecule has 0 radical (unpaired) electrons. The van der Waals surface area contributed by atoms with Crippen molar-refractivity contribution in [3.8, 4) is 0 Å². The zero-order valence-corrected chi connectivity index (χ0v) is 35.6. The maximum atomic E-state index is 9.54. The largest absolute Gasteiger partial charge is 0.393 e. The molecule has 8 N–H and O–H groups in total. The van der Waals surface area contributed by atoms with E-state index in [2.05, 4.69) is 5.32 Å². The molecule has 338 valence electrons. The molecule has 10 heterocycles. The van der Waals surface area contributed by atoms with Crippen molar-refractivity contribution in [1.82, 2.24) is 5.32 Å². The number of aliphatic hydroxyl groups is 7. The van der Waals surface area contributed by atoms with Crippen molar-refractivity contribution in [3.05, 3.63) is 0 Å². The molecule has 0 aromatic heterocycles. The minimum absolute atomic E-state index is 0.00231. The molecule has 0 aromatic rings. The number of methoxy groups -OCH3 is 3. The number of nitrogens with one attached hydrogen (secondary N) is 1. The minimum Gasteiger partial charge on any atom is -0.393 e. The molecule has 5 unspecified atom stereocenters. The Hall–Kier alpha value is -0.410. The summed E-state index contributed by atoms with van der Waals surface area (Å²) in [4.78, 5) is 0. The van der Waals surface area contributed by atoms with Gasteiger partial charge in [-0.1, -0.05) is 0 Å². The van der Waals surface area contributed by atoms with Crippen molar-refractivity contribution in [2.45, 2.75) is 153 Å². The van der Waals surface area contributed by atoms with Crippen LogP contribution in [0.5, 0.6) is 0 Å². The minimum atomic E-state index is -0.829. The number of fused-ring (bicyclic) bond motifs is 10. The number of hydrogen-bond donors (Lipinski definition) is 8. The molecule has 10 aliphatic heterocycles. The molecule has 58 heavy (non-hydrogen) atoms. The van der Waals surface area contributed by atoms with Gasteiger partial charge in [-0.3, -0.25) is 0 Å². The fourth-order valence-electron chi connectivity index (χ4n) is 10.3. The summed E-state index contributed by atoms with van der Waals surface area (Å²) < 4.78 is 59.6. The van der Waals surface area contributed by atoms with Crippen molar-refractivity contribution in [1.29, 1.82) is 0 Å². The van der Waals surface area contributed by atoms with E-state index >= 15 is 0 Å².